The maximum Gasteiger partial charge on any atom is 0.414 e. The van der Waals surface area contributed by atoms with Crippen molar-refractivity contribution in [3.63, 3.8) is 0 Å². The van der Waals surface area contributed by atoms with Crippen molar-refractivity contribution in [2.75, 3.05) is 36.5 Å². The van der Waals surface area contributed by atoms with E-state index in [1.54, 1.807) is 4.90 Å². The number of carbonyl (C=O) groups is 2. The summed E-state index contributed by atoms with van der Waals surface area (Å²) in [6.45, 7) is 2.57. The summed E-state index contributed by atoms with van der Waals surface area (Å²) in [6, 6.07) is 7.25. The van der Waals surface area contributed by atoms with Crippen LogP contribution in [0.15, 0.2) is 24.3 Å². The summed E-state index contributed by atoms with van der Waals surface area (Å²) in [4.78, 5) is 27.4. The predicted molar refractivity (Wildman–Crippen MR) is 84.2 cm³/mol. The Kier molecular flexibility index (Phi) is 4.46. The van der Waals surface area contributed by atoms with Crippen LogP contribution in [0.2, 0.25) is 0 Å². The maximum atomic E-state index is 12.3. The Morgan fingerprint density at radius 2 is 1.86 bits per heavy atom. The first kappa shape index (κ1) is 14.7. The van der Waals surface area contributed by atoms with Gasteiger partial charge in [0.05, 0.1) is 6.54 Å². The molecule has 3 rings (SSSR count). The molecule has 0 spiro atoms. The van der Waals surface area contributed by atoms with Gasteiger partial charge in [-0.25, -0.2) is 9.59 Å². The molecule has 1 N–H and O–H groups in total. The monoisotopic (exact) mass is 303 g/mol. The second-order valence-electron chi connectivity index (χ2n) is 5.65. The number of rotatable bonds is 2. The largest absolute Gasteiger partial charge is 0.447 e. The molecule has 0 saturated carbocycles. The van der Waals surface area contributed by atoms with E-state index >= 15 is 0 Å². The van der Waals surface area contributed by atoms with Gasteiger partial charge in [0.25, 0.3) is 0 Å². The van der Waals surface area contributed by atoms with Gasteiger partial charge in [0.2, 0.25) is 0 Å². The van der Waals surface area contributed by atoms with Gasteiger partial charge < -0.3 is 15.0 Å². The Balaban J connectivity index is 1.67. The SMILES string of the molecule is O=C(Nc1cccc(N2CCOC2=O)c1)N1CCCCCC1. The molecule has 2 aliphatic rings. The highest BCUT2D eigenvalue weighted by Gasteiger charge is 2.24. The molecule has 1 aromatic carbocycles. The number of nitrogens with zero attached hydrogens (tertiary/aromatic N) is 2. The lowest BCUT2D eigenvalue weighted by Gasteiger charge is -2.21. The van der Waals surface area contributed by atoms with E-state index in [-0.39, 0.29) is 12.1 Å². The first-order chi connectivity index (χ1) is 10.7. The Labute approximate surface area is 130 Å². The van der Waals surface area contributed by atoms with E-state index in [1.807, 2.05) is 29.2 Å². The fourth-order valence-corrected chi connectivity index (χ4v) is 2.86. The zero-order valence-electron chi connectivity index (χ0n) is 12.6. The van der Waals surface area contributed by atoms with Crippen molar-refractivity contribution < 1.29 is 14.3 Å². The molecule has 6 heteroatoms. The molecular weight excluding hydrogens is 282 g/mol. The molecule has 2 heterocycles. The fourth-order valence-electron chi connectivity index (χ4n) is 2.86. The van der Waals surface area contributed by atoms with Crippen LogP contribution in [0.4, 0.5) is 21.0 Å². The first-order valence-corrected chi connectivity index (χ1v) is 7.84. The summed E-state index contributed by atoms with van der Waals surface area (Å²) in [5, 5.41) is 2.93. The third-order valence-electron chi connectivity index (χ3n) is 4.06. The molecular formula is C16H21N3O3. The number of amides is 3. The van der Waals surface area contributed by atoms with E-state index in [2.05, 4.69) is 5.32 Å². The molecule has 0 bridgehead atoms. The maximum absolute atomic E-state index is 12.3. The molecule has 22 heavy (non-hydrogen) atoms. The quantitative estimate of drug-likeness (QED) is 0.913. The minimum Gasteiger partial charge on any atom is -0.447 e. The van der Waals surface area contributed by atoms with Crippen LogP contribution in [0.5, 0.6) is 0 Å². The van der Waals surface area contributed by atoms with E-state index in [1.165, 1.54) is 12.8 Å². The number of urea groups is 1. The molecule has 0 unspecified atom stereocenters. The number of anilines is 2. The lowest BCUT2D eigenvalue weighted by Crippen LogP contribution is -2.35. The average molecular weight is 303 g/mol. The Hall–Kier alpha value is -2.24. The van der Waals surface area contributed by atoms with Gasteiger partial charge in [0.15, 0.2) is 0 Å². The second kappa shape index (κ2) is 6.68. The number of nitrogens with one attached hydrogen (secondary N) is 1. The molecule has 3 amide bonds. The smallest absolute Gasteiger partial charge is 0.414 e. The number of hydrogen-bond donors (Lipinski definition) is 1. The normalized spacial score (nSPS) is 18.8. The summed E-state index contributed by atoms with van der Waals surface area (Å²) in [7, 11) is 0. The van der Waals surface area contributed by atoms with E-state index in [4.69, 9.17) is 4.74 Å². The molecule has 6 nitrogen and oxygen atoms in total. The molecule has 0 aromatic heterocycles. The zero-order chi connectivity index (χ0) is 15.4. The molecule has 2 aliphatic heterocycles. The standard InChI is InChI=1S/C16H21N3O3/c20-15(18-8-3-1-2-4-9-18)17-13-6-5-7-14(12-13)19-10-11-22-16(19)21/h5-7,12H,1-4,8-11H2,(H,17,20). The number of carbonyl (C=O) groups excluding carboxylic acids is 2. The van der Waals surface area contributed by atoms with Crippen molar-refractivity contribution in [1.82, 2.24) is 4.90 Å². The van der Waals surface area contributed by atoms with Crippen molar-refractivity contribution in [1.29, 1.82) is 0 Å². The number of hydrogen-bond acceptors (Lipinski definition) is 3. The summed E-state index contributed by atoms with van der Waals surface area (Å²) >= 11 is 0. The number of ether oxygens (including phenoxy) is 1. The van der Waals surface area contributed by atoms with Crippen LogP contribution in [-0.2, 0) is 4.74 Å². The van der Waals surface area contributed by atoms with Crippen LogP contribution in [0, 0.1) is 0 Å². The summed E-state index contributed by atoms with van der Waals surface area (Å²) in [5.74, 6) is 0. The van der Waals surface area contributed by atoms with Gasteiger partial charge in [-0.05, 0) is 31.0 Å². The van der Waals surface area contributed by atoms with Crippen molar-refractivity contribution >= 4 is 23.5 Å². The van der Waals surface area contributed by atoms with Crippen LogP contribution in [-0.4, -0.2) is 43.3 Å². The Morgan fingerprint density at radius 1 is 1.09 bits per heavy atom. The van der Waals surface area contributed by atoms with Gasteiger partial charge in [-0.1, -0.05) is 18.9 Å². The molecule has 0 aliphatic carbocycles. The highest BCUT2D eigenvalue weighted by molar-refractivity contribution is 5.93. The summed E-state index contributed by atoms with van der Waals surface area (Å²) in [5.41, 5.74) is 1.45. The van der Waals surface area contributed by atoms with Crippen LogP contribution in [0.3, 0.4) is 0 Å². The van der Waals surface area contributed by atoms with E-state index in [0.717, 1.165) is 31.6 Å². The first-order valence-electron chi connectivity index (χ1n) is 7.84. The minimum absolute atomic E-state index is 0.0666. The third kappa shape index (κ3) is 3.32. The third-order valence-corrected chi connectivity index (χ3v) is 4.06. The molecule has 2 saturated heterocycles. The van der Waals surface area contributed by atoms with Crippen LogP contribution in [0.1, 0.15) is 25.7 Å². The summed E-state index contributed by atoms with van der Waals surface area (Å²) in [6.07, 6.45) is 4.17. The number of benzene rings is 1. The zero-order valence-corrected chi connectivity index (χ0v) is 12.6. The number of cyclic esters (lactones) is 1. The van der Waals surface area contributed by atoms with Gasteiger partial charge in [-0.15, -0.1) is 0 Å². The van der Waals surface area contributed by atoms with Gasteiger partial charge in [0, 0.05) is 24.5 Å². The fraction of sp³-hybridized carbons (Fsp3) is 0.500. The minimum atomic E-state index is -0.337. The lowest BCUT2D eigenvalue weighted by atomic mass is 10.2. The van der Waals surface area contributed by atoms with Crippen LogP contribution >= 0.6 is 0 Å². The number of likely N-dealkylation sites (tertiary alicyclic amines) is 1. The van der Waals surface area contributed by atoms with Gasteiger partial charge in [-0.3, -0.25) is 4.90 Å². The predicted octanol–water partition coefficient (Wildman–Crippen LogP) is 3.05. The highest BCUT2D eigenvalue weighted by atomic mass is 16.6. The molecule has 0 atom stereocenters. The second-order valence-corrected chi connectivity index (χ2v) is 5.65. The Bertz CT molecular complexity index is 553. The summed E-state index contributed by atoms with van der Waals surface area (Å²) < 4.78 is 4.94. The molecule has 118 valence electrons. The van der Waals surface area contributed by atoms with E-state index < -0.39 is 0 Å². The topological polar surface area (TPSA) is 61.9 Å². The van der Waals surface area contributed by atoms with Crippen molar-refractivity contribution in [2.24, 2.45) is 0 Å². The van der Waals surface area contributed by atoms with Crippen LogP contribution < -0.4 is 10.2 Å². The van der Waals surface area contributed by atoms with E-state index in [0.29, 0.717) is 18.8 Å². The Morgan fingerprint density at radius 3 is 2.55 bits per heavy atom. The molecule has 2 fully saturated rings. The molecule has 1 aromatic rings. The van der Waals surface area contributed by atoms with Crippen molar-refractivity contribution in [3.8, 4) is 0 Å². The van der Waals surface area contributed by atoms with Gasteiger partial charge >= 0.3 is 12.1 Å². The lowest BCUT2D eigenvalue weighted by molar-refractivity contribution is 0.181. The molecule has 0 radical (unpaired) electrons. The van der Waals surface area contributed by atoms with Crippen LogP contribution in [0.25, 0.3) is 0 Å². The van der Waals surface area contributed by atoms with E-state index in [9.17, 15) is 9.59 Å². The van der Waals surface area contributed by atoms with Crippen molar-refractivity contribution in [3.05, 3.63) is 24.3 Å². The highest BCUT2D eigenvalue weighted by Crippen LogP contribution is 2.23. The van der Waals surface area contributed by atoms with Gasteiger partial charge in [-0.2, -0.15) is 0 Å². The average Bonchev–Trinajstić information content (AvgIpc) is 2.78. The van der Waals surface area contributed by atoms with Gasteiger partial charge in [0.1, 0.15) is 6.61 Å². The van der Waals surface area contributed by atoms with Crippen molar-refractivity contribution in [2.45, 2.75) is 25.7 Å².